The third-order valence-corrected chi connectivity index (χ3v) is 3.95. The summed E-state index contributed by atoms with van der Waals surface area (Å²) < 4.78 is 4.23. The summed E-state index contributed by atoms with van der Waals surface area (Å²) in [5, 5.41) is 4.43. The molecule has 0 spiro atoms. The average molecular weight is 259 g/mol. The molecule has 1 atom stereocenters. The van der Waals surface area contributed by atoms with Gasteiger partial charge in [0.25, 0.3) is 0 Å². The monoisotopic (exact) mass is 259 g/mol. The van der Waals surface area contributed by atoms with E-state index in [9.17, 15) is 0 Å². The van der Waals surface area contributed by atoms with Gasteiger partial charge in [-0.25, -0.2) is 4.98 Å². The summed E-state index contributed by atoms with van der Waals surface area (Å²) in [6.45, 7) is 5.48. The third kappa shape index (κ3) is 2.71. The van der Waals surface area contributed by atoms with Crippen LogP contribution in [0, 0.1) is 6.92 Å². The van der Waals surface area contributed by atoms with Crippen LogP contribution in [0.3, 0.4) is 0 Å². The van der Waals surface area contributed by atoms with Crippen LogP contribution in [-0.2, 0) is 13.5 Å². The fourth-order valence-corrected chi connectivity index (χ4v) is 2.76. The van der Waals surface area contributed by atoms with E-state index < -0.39 is 0 Å². The van der Waals surface area contributed by atoms with Crippen molar-refractivity contribution >= 4 is 0 Å². The second kappa shape index (κ2) is 5.17. The zero-order chi connectivity index (χ0) is 13.2. The molecule has 1 aliphatic heterocycles. The molecule has 1 saturated heterocycles. The van der Waals surface area contributed by atoms with Crippen LogP contribution in [-0.4, -0.2) is 43.9 Å². The predicted molar refractivity (Wildman–Crippen MR) is 74.0 cm³/mol. The average Bonchev–Trinajstić information content (AvgIpc) is 3.08. The van der Waals surface area contributed by atoms with Gasteiger partial charge in [-0.1, -0.05) is 0 Å². The Morgan fingerprint density at radius 1 is 1.37 bits per heavy atom. The maximum absolute atomic E-state index is 4.43. The number of aryl methyl sites for hydroxylation is 2. The van der Waals surface area contributed by atoms with Gasteiger partial charge >= 0.3 is 0 Å². The van der Waals surface area contributed by atoms with E-state index in [0.29, 0.717) is 6.04 Å². The Bertz CT molecular complexity index is 542. The standard InChI is InChI=1S/C14H21N5/c1-12-7-16-19(9-12)14-4-6-18(10-14)5-3-13-8-15-11-17(13)2/h7-9,11,14H,3-6,10H2,1-2H3. The van der Waals surface area contributed by atoms with Gasteiger partial charge in [0.05, 0.1) is 18.6 Å². The quantitative estimate of drug-likeness (QED) is 0.833. The second-order valence-electron chi connectivity index (χ2n) is 5.49. The topological polar surface area (TPSA) is 38.9 Å². The van der Waals surface area contributed by atoms with Gasteiger partial charge in [0.2, 0.25) is 0 Å². The Morgan fingerprint density at radius 3 is 2.95 bits per heavy atom. The van der Waals surface area contributed by atoms with Gasteiger partial charge in [-0.2, -0.15) is 5.10 Å². The van der Waals surface area contributed by atoms with Crippen molar-refractivity contribution in [1.82, 2.24) is 24.2 Å². The molecule has 1 aliphatic rings. The molecule has 0 aliphatic carbocycles. The number of imidazole rings is 1. The molecule has 0 N–H and O–H groups in total. The van der Waals surface area contributed by atoms with Gasteiger partial charge in [-0.3, -0.25) is 4.68 Å². The lowest BCUT2D eigenvalue weighted by Crippen LogP contribution is -2.24. The molecule has 0 aromatic carbocycles. The molecule has 0 radical (unpaired) electrons. The molecule has 1 fully saturated rings. The van der Waals surface area contributed by atoms with Crippen molar-refractivity contribution in [3.05, 3.63) is 36.2 Å². The lowest BCUT2D eigenvalue weighted by atomic mass is 10.3. The lowest BCUT2D eigenvalue weighted by molar-refractivity contribution is 0.321. The van der Waals surface area contributed by atoms with Crippen LogP contribution in [0.1, 0.15) is 23.7 Å². The van der Waals surface area contributed by atoms with Gasteiger partial charge in [0, 0.05) is 51.2 Å². The number of aromatic nitrogens is 4. The third-order valence-electron chi connectivity index (χ3n) is 3.95. The van der Waals surface area contributed by atoms with Crippen LogP contribution in [0.25, 0.3) is 0 Å². The molecule has 0 saturated carbocycles. The second-order valence-corrected chi connectivity index (χ2v) is 5.49. The van der Waals surface area contributed by atoms with E-state index in [1.54, 1.807) is 0 Å². The van der Waals surface area contributed by atoms with E-state index in [2.05, 4.69) is 44.4 Å². The van der Waals surface area contributed by atoms with E-state index in [4.69, 9.17) is 0 Å². The Kier molecular flexibility index (Phi) is 3.38. The number of nitrogens with zero attached hydrogens (tertiary/aromatic N) is 5. The van der Waals surface area contributed by atoms with Gasteiger partial charge < -0.3 is 9.47 Å². The molecule has 2 aromatic rings. The maximum Gasteiger partial charge on any atom is 0.0945 e. The van der Waals surface area contributed by atoms with Crippen molar-refractivity contribution in [2.45, 2.75) is 25.8 Å². The predicted octanol–water partition coefficient (Wildman–Crippen LogP) is 1.41. The van der Waals surface area contributed by atoms with Crippen LogP contribution in [0.2, 0.25) is 0 Å². The normalized spacial score (nSPS) is 20.2. The minimum atomic E-state index is 0.542. The molecule has 102 valence electrons. The highest BCUT2D eigenvalue weighted by Crippen LogP contribution is 2.21. The van der Waals surface area contributed by atoms with Crippen molar-refractivity contribution in [2.24, 2.45) is 7.05 Å². The van der Waals surface area contributed by atoms with Crippen molar-refractivity contribution in [3.8, 4) is 0 Å². The van der Waals surface area contributed by atoms with E-state index in [1.807, 2.05) is 18.7 Å². The summed E-state index contributed by atoms with van der Waals surface area (Å²) in [6.07, 6.45) is 10.2. The highest BCUT2D eigenvalue weighted by Gasteiger charge is 2.24. The molecule has 1 unspecified atom stereocenters. The molecule has 5 nitrogen and oxygen atoms in total. The zero-order valence-corrected chi connectivity index (χ0v) is 11.7. The number of likely N-dealkylation sites (tertiary alicyclic amines) is 1. The summed E-state index contributed by atoms with van der Waals surface area (Å²) in [6, 6.07) is 0.542. The molecule has 3 heterocycles. The van der Waals surface area contributed by atoms with Crippen molar-refractivity contribution in [1.29, 1.82) is 0 Å². The Labute approximate surface area is 113 Å². The first-order chi connectivity index (χ1) is 9.22. The lowest BCUT2D eigenvalue weighted by Gasteiger charge is -2.16. The summed E-state index contributed by atoms with van der Waals surface area (Å²) in [5.74, 6) is 0. The Hall–Kier alpha value is -1.62. The highest BCUT2D eigenvalue weighted by molar-refractivity contribution is 5.02. The fourth-order valence-electron chi connectivity index (χ4n) is 2.76. The van der Waals surface area contributed by atoms with Crippen LogP contribution in [0.4, 0.5) is 0 Å². The summed E-state index contributed by atoms with van der Waals surface area (Å²) in [4.78, 5) is 6.69. The van der Waals surface area contributed by atoms with Crippen molar-refractivity contribution in [2.75, 3.05) is 19.6 Å². The zero-order valence-electron chi connectivity index (χ0n) is 11.7. The van der Waals surface area contributed by atoms with Crippen molar-refractivity contribution in [3.63, 3.8) is 0 Å². The van der Waals surface area contributed by atoms with Gasteiger partial charge in [0.1, 0.15) is 0 Å². The molecule has 0 amide bonds. The molecule has 0 bridgehead atoms. The first kappa shape index (κ1) is 12.4. The summed E-state index contributed by atoms with van der Waals surface area (Å²) in [7, 11) is 2.06. The first-order valence-corrected chi connectivity index (χ1v) is 6.90. The molecule has 19 heavy (non-hydrogen) atoms. The van der Waals surface area contributed by atoms with E-state index in [-0.39, 0.29) is 0 Å². The Balaban J connectivity index is 1.53. The van der Waals surface area contributed by atoms with Gasteiger partial charge in [-0.05, 0) is 18.9 Å². The molecule has 5 heteroatoms. The summed E-state index contributed by atoms with van der Waals surface area (Å²) in [5.41, 5.74) is 2.55. The molecule has 3 rings (SSSR count). The Morgan fingerprint density at radius 2 is 2.26 bits per heavy atom. The minimum Gasteiger partial charge on any atom is -0.338 e. The van der Waals surface area contributed by atoms with Gasteiger partial charge in [0.15, 0.2) is 0 Å². The number of hydrogen-bond acceptors (Lipinski definition) is 3. The SMILES string of the molecule is Cc1cnn(C2CCN(CCc3cncn3C)C2)c1. The van der Waals surface area contributed by atoms with E-state index in [1.165, 1.54) is 24.2 Å². The smallest absolute Gasteiger partial charge is 0.0945 e. The minimum absolute atomic E-state index is 0.542. The highest BCUT2D eigenvalue weighted by atomic mass is 15.3. The largest absolute Gasteiger partial charge is 0.338 e. The molecular weight excluding hydrogens is 238 g/mol. The maximum atomic E-state index is 4.43. The van der Waals surface area contributed by atoms with E-state index in [0.717, 1.165) is 19.5 Å². The van der Waals surface area contributed by atoms with Crippen LogP contribution < -0.4 is 0 Å². The van der Waals surface area contributed by atoms with Crippen LogP contribution >= 0.6 is 0 Å². The fraction of sp³-hybridized carbons (Fsp3) is 0.571. The van der Waals surface area contributed by atoms with Crippen LogP contribution in [0.15, 0.2) is 24.9 Å². The number of hydrogen-bond donors (Lipinski definition) is 0. The first-order valence-electron chi connectivity index (χ1n) is 6.90. The van der Waals surface area contributed by atoms with Crippen molar-refractivity contribution < 1.29 is 0 Å². The van der Waals surface area contributed by atoms with E-state index >= 15 is 0 Å². The molecular formula is C14H21N5. The van der Waals surface area contributed by atoms with Crippen LogP contribution in [0.5, 0.6) is 0 Å². The summed E-state index contributed by atoms with van der Waals surface area (Å²) >= 11 is 0. The number of rotatable bonds is 4. The van der Waals surface area contributed by atoms with Gasteiger partial charge in [-0.15, -0.1) is 0 Å². The molecule has 2 aromatic heterocycles.